The van der Waals surface area contributed by atoms with Crippen LogP contribution in [0, 0.1) is 0 Å². The normalized spacial score (nSPS) is 13.1. The third-order valence-electron chi connectivity index (χ3n) is 5.34. The third kappa shape index (κ3) is 6.71. The van der Waals surface area contributed by atoms with Crippen molar-refractivity contribution in [1.29, 1.82) is 0 Å². The average molecular weight is 496 g/mol. The number of carbonyl (C=O) groups is 2. The number of hydrogen-bond acceptors (Lipinski definition) is 3. The van der Waals surface area contributed by atoms with Crippen molar-refractivity contribution in [3.05, 3.63) is 95.1 Å². The maximum absolute atomic E-state index is 12.4. The molecule has 5 nitrogen and oxygen atoms in total. The monoisotopic (exact) mass is 495 g/mol. The number of halogens is 1. The highest BCUT2D eigenvalue weighted by Crippen LogP contribution is 2.44. The zero-order chi connectivity index (χ0) is 24.9. The van der Waals surface area contributed by atoms with Crippen LogP contribution in [0.4, 0.5) is 4.79 Å². The minimum Gasteiger partial charge on any atom is -0.478 e. The highest BCUT2D eigenvalue weighted by atomic mass is 35.6. The van der Waals surface area contributed by atoms with E-state index in [9.17, 15) is 9.59 Å². The molecular formula is C27H30ClNO4Si. The highest BCUT2D eigenvalue weighted by molar-refractivity contribution is 7.18. The molecule has 0 unspecified atom stereocenters. The molecule has 1 aliphatic carbocycles. The molecule has 7 heteroatoms. The zero-order valence-corrected chi connectivity index (χ0v) is 21.6. The van der Waals surface area contributed by atoms with Crippen LogP contribution < -0.4 is 5.32 Å². The summed E-state index contributed by atoms with van der Waals surface area (Å²) in [5, 5.41) is 11.8. The van der Waals surface area contributed by atoms with Gasteiger partial charge in [0.25, 0.3) is 0 Å². The Bertz CT molecular complexity index is 1110. The molecule has 4 rings (SSSR count). The molecule has 34 heavy (non-hydrogen) atoms. The van der Waals surface area contributed by atoms with E-state index in [0.717, 1.165) is 5.56 Å². The molecule has 0 aromatic heterocycles. The summed E-state index contributed by atoms with van der Waals surface area (Å²) >= 11 is 5.67. The number of rotatable bonds is 5. The summed E-state index contributed by atoms with van der Waals surface area (Å²) in [6.07, 6.45) is -0.498. The van der Waals surface area contributed by atoms with Crippen LogP contribution in [-0.2, 0) is 4.74 Å². The molecule has 178 valence electrons. The summed E-state index contributed by atoms with van der Waals surface area (Å²) in [7, 11) is -1.14. The summed E-state index contributed by atoms with van der Waals surface area (Å²) in [5.74, 6) is -0.966. The van der Waals surface area contributed by atoms with Gasteiger partial charge in [-0.1, -0.05) is 80.3 Å². The van der Waals surface area contributed by atoms with Crippen LogP contribution in [0.2, 0.25) is 19.6 Å². The van der Waals surface area contributed by atoms with Crippen LogP contribution in [0.15, 0.2) is 72.8 Å². The van der Waals surface area contributed by atoms with Crippen LogP contribution >= 0.6 is 11.1 Å². The van der Waals surface area contributed by atoms with Crippen molar-refractivity contribution < 1.29 is 19.4 Å². The Morgan fingerprint density at radius 2 is 1.41 bits per heavy atom. The fraction of sp³-hybridized carbons (Fsp3) is 0.259. The number of carbonyl (C=O) groups excluding carboxylic acids is 1. The number of aromatic carboxylic acids is 1. The number of carboxylic acid groups (broad SMARTS) is 1. The second-order valence-electron chi connectivity index (χ2n) is 9.19. The lowest BCUT2D eigenvalue weighted by molar-refractivity contribution is 0.0696. The summed E-state index contributed by atoms with van der Waals surface area (Å²) in [6, 6.07) is 22.5. The molecule has 3 aromatic carbocycles. The van der Waals surface area contributed by atoms with E-state index in [4.69, 9.17) is 20.9 Å². The second kappa shape index (κ2) is 10.9. The fourth-order valence-electron chi connectivity index (χ4n) is 3.81. The van der Waals surface area contributed by atoms with Gasteiger partial charge in [-0.15, -0.1) is 0 Å². The lowest BCUT2D eigenvalue weighted by atomic mass is 9.98. The summed E-state index contributed by atoms with van der Waals surface area (Å²) < 4.78 is 5.55. The Balaban J connectivity index is 0.000000588. The van der Waals surface area contributed by atoms with Gasteiger partial charge in [-0.25, -0.2) is 9.59 Å². The van der Waals surface area contributed by atoms with Crippen molar-refractivity contribution >= 4 is 30.5 Å². The van der Waals surface area contributed by atoms with Crippen LogP contribution in [0.25, 0.3) is 11.1 Å². The van der Waals surface area contributed by atoms with Gasteiger partial charge in [0, 0.05) is 5.92 Å². The summed E-state index contributed by atoms with van der Waals surface area (Å²) in [6.45, 7) is 8.36. The van der Waals surface area contributed by atoms with Crippen molar-refractivity contribution in [2.75, 3.05) is 6.61 Å². The quantitative estimate of drug-likeness (QED) is 0.294. The molecule has 1 aliphatic rings. The minimum atomic E-state index is -1.14. The first kappa shape index (κ1) is 25.5. The molecule has 0 radical (unpaired) electrons. The largest absolute Gasteiger partial charge is 0.478 e. The van der Waals surface area contributed by atoms with E-state index in [0.29, 0.717) is 0 Å². The molecule has 0 fully saturated rings. The first-order valence-electron chi connectivity index (χ1n) is 11.2. The number of ether oxygens (including phenoxy) is 1. The van der Waals surface area contributed by atoms with E-state index < -0.39 is 19.4 Å². The topological polar surface area (TPSA) is 75.6 Å². The van der Waals surface area contributed by atoms with Crippen LogP contribution in [0.3, 0.4) is 0 Å². The van der Waals surface area contributed by atoms with Crippen molar-refractivity contribution in [3.63, 3.8) is 0 Å². The van der Waals surface area contributed by atoms with E-state index in [2.05, 4.69) is 49.2 Å². The van der Waals surface area contributed by atoms with E-state index in [1.54, 1.807) is 12.1 Å². The highest BCUT2D eigenvalue weighted by Gasteiger charge is 2.29. The molecule has 1 amide bonds. The van der Waals surface area contributed by atoms with E-state index in [1.165, 1.54) is 34.4 Å². The number of nitrogens with one attached hydrogen (secondary N) is 1. The van der Waals surface area contributed by atoms with Crippen molar-refractivity contribution in [1.82, 2.24) is 5.32 Å². The minimum absolute atomic E-state index is 0.0123. The third-order valence-corrected chi connectivity index (χ3v) is 5.34. The Labute approximate surface area is 206 Å². The predicted molar refractivity (Wildman–Crippen MR) is 139 cm³/mol. The summed E-state index contributed by atoms with van der Waals surface area (Å²) in [5.41, 5.74) is 5.72. The molecule has 2 N–H and O–H groups in total. The van der Waals surface area contributed by atoms with Crippen molar-refractivity contribution in [3.8, 4) is 11.1 Å². The molecule has 0 bridgehead atoms. The first-order chi connectivity index (χ1) is 16.0. The smallest absolute Gasteiger partial charge is 0.407 e. The number of amides is 1. The standard InChI is InChI=1S/C24H21NO4.C3H9ClSi/c1-15(16-10-12-17(13-11-16)23(26)27)25-24(28)29-14-22-20-8-4-2-6-18(20)19-7-3-5-9-21(19)22;1-5(2,3)4/h2-13,15,22H,14H2,1H3,(H,25,28)(H,26,27);1-3H3/t15-;/m1./s1. The zero-order valence-electron chi connectivity index (χ0n) is 19.8. The Hall–Kier alpha value is -3.09. The maximum Gasteiger partial charge on any atom is 0.407 e. The number of benzene rings is 3. The van der Waals surface area contributed by atoms with Gasteiger partial charge in [-0.3, -0.25) is 0 Å². The molecule has 0 spiro atoms. The predicted octanol–water partition coefficient (Wildman–Crippen LogP) is 7.04. The van der Waals surface area contributed by atoms with Crippen molar-refractivity contribution in [2.45, 2.75) is 38.5 Å². The lowest BCUT2D eigenvalue weighted by Gasteiger charge is -2.17. The molecule has 3 aromatic rings. The number of carboxylic acids is 1. The number of hydrogen-bond donors (Lipinski definition) is 2. The molecule has 1 atom stereocenters. The van der Waals surface area contributed by atoms with Gasteiger partial charge in [-0.2, -0.15) is 11.1 Å². The Morgan fingerprint density at radius 3 is 1.88 bits per heavy atom. The van der Waals surface area contributed by atoms with Gasteiger partial charge in [0.05, 0.1) is 11.6 Å². The van der Waals surface area contributed by atoms with Gasteiger partial charge in [0.2, 0.25) is 0 Å². The molecule has 0 saturated carbocycles. The lowest BCUT2D eigenvalue weighted by Crippen LogP contribution is -2.28. The Morgan fingerprint density at radius 1 is 0.941 bits per heavy atom. The van der Waals surface area contributed by atoms with Gasteiger partial charge >= 0.3 is 12.1 Å². The molecule has 0 saturated heterocycles. The maximum atomic E-state index is 12.4. The van der Waals surface area contributed by atoms with E-state index >= 15 is 0 Å². The van der Waals surface area contributed by atoms with Gasteiger partial charge in [0.15, 0.2) is 0 Å². The van der Waals surface area contributed by atoms with E-state index in [1.807, 2.05) is 31.2 Å². The van der Waals surface area contributed by atoms with Crippen molar-refractivity contribution in [2.24, 2.45) is 0 Å². The second-order valence-corrected chi connectivity index (χ2v) is 16.7. The molecule has 0 heterocycles. The van der Waals surface area contributed by atoms with Gasteiger partial charge in [0.1, 0.15) is 14.0 Å². The van der Waals surface area contributed by atoms with Crippen LogP contribution in [0.5, 0.6) is 0 Å². The molecule has 0 aliphatic heterocycles. The van der Waals surface area contributed by atoms with Gasteiger partial charge < -0.3 is 15.2 Å². The first-order valence-corrected chi connectivity index (χ1v) is 15.7. The Kier molecular flexibility index (Phi) is 8.18. The number of fused-ring (bicyclic) bond motifs is 3. The number of alkyl carbamates (subject to hydrolysis) is 1. The van der Waals surface area contributed by atoms with Crippen LogP contribution in [0.1, 0.15) is 45.9 Å². The fourth-order valence-corrected chi connectivity index (χ4v) is 3.81. The van der Waals surface area contributed by atoms with Gasteiger partial charge in [-0.05, 0) is 46.9 Å². The SMILES string of the molecule is C[C@@H](NC(=O)OCC1c2ccccc2-c2ccccc21)c1ccc(C(=O)O)cc1.C[Si](C)(C)Cl. The average Bonchev–Trinajstić information content (AvgIpc) is 3.10. The summed E-state index contributed by atoms with van der Waals surface area (Å²) in [4.78, 5) is 23.3. The van der Waals surface area contributed by atoms with Crippen LogP contribution in [-0.4, -0.2) is 31.2 Å². The molecular weight excluding hydrogens is 466 g/mol. The van der Waals surface area contributed by atoms with E-state index in [-0.39, 0.29) is 24.1 Å².